The van der Waals surface area contributed by atoms with E-state index < -0.39 is 0 Å². The maximum atomic E-state index is 4.57. The standard InChI is InChI=1S/C11H17N3S/c1-7-3-2-4-9(7)12-11-13-10(14-15-11)8-5-6-8/h7-9H,2-6H2,1H3,(H,12,13,14). The summed E-state index contributed by atoms with van der Waals surface area (Å²) < 4.78 is 4.41. The molecule has 1 heterocycles. The second kappa shape index (κ2) is 3.74. The summed E-state index contributed by atoms with van der Waals surface area (Å²) in [5.41, 5.74) is 0. The van der Waals surface area contributed by atoms with Gasteiger partial charge >= 0.3 is 0 Å². The molecule has 0 spiro atoms. The van der Waals surface area contributed by atoms with Gasteiger partial charge in [-0.1, -0.05) is 13.3 Å². The quantitative estimate of drug-likeness (QED) is 0.856. The van der Waals surface area contributed by atoms with Crippen LogP contribution >= 0.6 is 11.5 Å². The molecule has 1 aromatic rings. The Morgan fingerprint density at radius 1 is 1.27 bits per heavy atom. The van der Waals surface area contributed by atoms with Gasteiger partial charge in [0.2, 0.25) is 5.13 Å². The van der Waals surface area contributed by atoms with E-state index in [2.05, 4.69) is 21.6 Å². The first-order chi connectivity index (χ1) is 7.33. The molecular weight excluding hydrogens is 206 g/mol. The van der Waals surface area contributed by atoms with Crippen molar-refractivity contribution in [2.45, 2.75) is 51.0 Å². The second-order valence-corrected chi connectivity index (χ2v) is 5.64. The van der Waals surface area contributed by atoms with Crippen LogP contribution in [0, 0.1) is 5.92 Å². The summed E-state index contributed by atoms with van der Waals surface area (Å²) in [7, 11) is 0. The zero-order chi connectivity index (χ0) is 10.3. The van der Waals surface area contributed by atoms with Gasteiger partial charge in [-0.05, 0) is 31.6 Å². The molecule has 0 bridgehead atoms. The highest BCUT2D eigenvalue weighted by molar-refractivity contribution is 7.09. The molecular formula is C11H17N3S. The van der Waals surface area contributed by atoms with E-state index in [1.54, 1.807) is 0 Å². The molecule has 1 aromatic heterocycles. The Hall–Kier alpha value is -0.640. The van der Waals surface area contributed by atoms with Crippen LogP contribution in [0.4, 0.5) is 5.13 Å². The largest absolute Gasteiger partial charge is 0.357 e. The molecule has 0 aliphatic heterocycles. The van der Waals surface area contributed by atoms with Gasteiger partial charge in [-0.3, -0.25) is 0 Å². The van der Waals surface area contributed by atoms with Crippen LogP contribution in [-0.4, -0.2) is 15.4 Å². The summed E-state index contributed by atoms with van der Waals surface area (Å²) in [5, 5.41) is 4.58. The maximum absolute atomic E-state index is 4.57. The van der Waals surface area contributed by atoms with Crippen LogP contribution in [0.5, 0.6) is 0 Å². The van der Waals surface area contributed by atoms with Gasteiger partial charge in [0.05, 0.1) is 0 Å². The van der Waals surface area contributed by atoms with Gasteiger partial charge in [-0.25, -0.2) is 4.98 Å². The van der Waals surface area contributed by atoms with Gasteiger partial charge < -0.3 is 5.32 Å². The van der Waals surface area contributed by atoms with E-state index in [9.17, 15) is 0 Å². The lowest BCUT2D eigenvalue weighted by atomic mass is 10.1. The number of hydrogen-bond acceptors (Lipinski definition) is 4. The van der Waals surface area contributed by atoms with E-state index in [-0.39, 0.29) is 0 Å². The summed E-state index contributed by atoms with van der Waals surface area (Å²) in [4.78, 5) is 4.57. The van der Waals surface area contributed by atoms with Crippen LogP contribution < -0.4 is 5.32 Å². The van der Waals surface area contributed by atoms with Crippen LogP contribution in [0.25, 0.3) is 0 Å². The fourth-order valence-corrected chi connectivity index (χ4v) is 3.03. The Labute approximate surface area is 94.5 Å². The third-order valence-corrected chi connectivity index (χ3v) is 4.22. The van der Waals surface area contributed by atoms with Crippen LogP contribution in [0.15, 0.2) is 0 Å². The van der Waals surface area contributed by atoms with Crippen molar-refractivity contribution >= 4 is 16.7 Å². The molecule has 3 rings (SSSR count). The molecule has 2 aliphatic rings. The molecule has 82 valence electrons. The van der Waals surface area contributed by atoms with Gasteiger partial charge in [0.15, 0.2) is 0 Å². The minimum absolute atomic E-state index is 0.630. The van der Waals surface area contributed by atoms with E-state index in [1.807, 2.05) is 0 Å². The lowest BCUT2D eigenvalue weighted by molar-refractivity contribution is 0.556. The molecule has 0 aromatic carbocycles. The van der Waals surface area contributed by atoms with Crippen molar-refractivity contribution < 1.29 is 0 Å². The van der Waals surface area contributed by atoms with Crippen LogP contribution in [0.1, 0.15) is 50.8 Å². The first-order valence-corrected chi connectivity index (χ1v) is 6.70. The van der Waals surface area contributed by atoms with Gasteiger partial charge in [0.25, 0.3) is 0 Å². The SMILES string of the molecule is CC1CCCC1Nc1nc(C2CC2)ns1. The van der Waals surface area contributed by atoms with Crippen molar-refractivity contribution in [2.75, 3.05) is 5.32 Å². The third kappa shape index (κ3) is 2.00. The Morgan fingerprint density at radius 2 is 2.13 bits per heavy atom. The fraction of sp³-hybridized carbons (Fsp3) is 0.818. The normalized spacial score (nSPS) is 30.7. The zero-order valence-electron chi connectivity index (χ0n) is 9.07. The number of nitrogens with zero attached hydrogens (tertiary/aromatic N) is 2. The lowest BCUT2D eigenvalue weighted by Crippen LogP contribution is -2.21. The van der Waals surface area contributed by atoms with E-state index in [4.69, 9.17) is 0 Å². The number of rotatable bonds is 3. The topological polar surface area (TPSA) is 37.8 Å². The van der Waals surface area contributed by atoms with Gasteiger partial charge in [0, 0.05) is 23.5 Å². The first-order valence-electron chi connectivity index (χ1n) is 5.93. The Morgan fingerprint density at radius 3 is 2.80 bits per heavy atom. The summed E-state index contributed by atoms with van der Waals surface area (Å²) in [6.07, 6.45) is 6.57. The highest BCUT2D eigenvalue weighted by atomic mass is 32.1. The molecule has 0 amide bonds. The van der Waals surface area contributed by atoms with Crippen LogP contribution in [0.2, 0.25) is 0 Å². The van der Waals surface area contributed by atoms with Crippen molar-refractivity contribution in [3.63, 3.8) is 0 Å². The maximum Gasteiger partial charge on any atom is 0.202 e. The zero-order valence-corrected chi connectivity index (χ0v) is 9.89. The van der Waals surface area contributed by atoms with Crippen molar-refractivity contribution in [1.29, 1.82) is 0 Å². The molecule has 0 radical (unpaired) electrons. The second-order valence-electron chi connectivity index (χ2n) is 4.89. The molecule has 4 heteroatoms. The highest BCUT2D eigenvalue weighted by Gasteiger charge is 2.29. The first kappa shape index (κ1) is 9.58. The van der Waals surface area contributed by atoms with E-state index in [0.29, 0.717) is 12.0 Å². The summed E-state index contributed by atoms with van der Waals surface area (Å²) in [6.45, 7) is 2.33. The summed E-state index contributed by atoms with van der Waals surface area (Å²) in [5.74, 6) is 2.55. The number of hydrogen-bond donors (Lipinski definition) is 1. The molecule has 2 fully saturated rings. The average molecular weight is 223 g/mol. The van der Waals surface area contributed by atoms with Crippen molar-refractivity contribution in [3.8, 4) is 0 Å². The molecule has 2 atom stereocenters. The van der Waals surface area contributed by atoms with E-state index in [1.165, 1.54) is 43.6 Å². The molecule has 2 saturated carbocycles. The predicted octanol–water partition coefficient (Wildman–Crippen LogP) is 3.02. The Bertz CT molecular complexity index is 345. The monoisotopic (exact) mass is 223 g/mol. The van der Waals surface area contributed by atoms with Crippen molar-refractivity contribution in [1.82, 2.24) is 9.36 Å². The summed E-state index contributed by atoms with van der Waals surface area (Å²) >= 11 is 1.53. The molecule has 15 heavy (non-hydrogen) atoms. The van der Waals surface area contributed by atoms with Gasteiger partial charge in [0.1, 0.15) is 5.82 Å². The van der Waals surface area contributed by atoms with Gasteiger partial charge in [-0.2, -0.15) is 4.37 Å². The Balaban J connectivity index is 1.65. The van der Waals surface area contributed by atoms with Crippen LogP contribution in [0.3, 0.4) is 0 Å². The fourth-order valence-electron chi connectivity index (χ4n) is 2.32. The number of nitrogens with one attached hydrogen (secondary N) is 1. The predicted molar refractivity (Wildman–Crippen MR) is 62.3 cm³/mol. The van der Waals surface area contributed by atoms with Crippen molar-refractivity contribution in [3.05, 3.63) is 5.82 Å². The molecule has 2 unspecified atom stereocenters. The smallest absolute Gasteiger partial charge is 0.202 e. The van der Waals surface area contributed by atoms with Crippen LogP contribution in [-0.2, 0) is 0 Å². The summed E-state index contributed by atoms with van der Waals surface area (Å²) in [6, 6.07) is 0.630. The third-order valence-electron chi connectivity index (χ3n) is 3.55. The van der Waals surface area contributed by atoms with Gasteiger partial charge in [-0.15, -0.1) is 0 Å². The Kier molecular flexibility index (Phi) is 2.39. The average Bonchev–Trinajstić information content (AvgIpc) is 2.86. The molecule has 0 saturated heterocycles. The van der Waals surface area contributed by atoms with Crippen molar-refractivity contribution in [2.24, 2.45) is 5.92 Å². The number of aromatic nitrogens is 2. The minimum atomic E-state index is 0.630. The molecule has 3 nitrogen and oxygen atoms in total. The molecule has 1 N–H and O–H groups in total. The van der Waals surface area contributed by atoms with E-state index >= 15 is 0 Å². The minimum Gasteiger partial charge on any atom is -0.357 e. The lowest BCUT2D eigenvalue weighted by Gasteiger charge is -2.15. The number of anilines is 1. The molecule has 2 aliphatic carbocycles. The van der Waals surface area contributed by atoms with E-state index in [0.717, 1.165) is 16.9 Å². The highest BCUT2D eigenvalue weighted by Crippen LogP contribution is 2.39.